The lowest BCUT2D eigenvalue weighted by Gasteiger charge is -2.10. The molecule has 21 heavy (non-hydrogen) atoms. The van der Waals surface area contributed by atoms with E-state index in [1.807, 2.05) is 6.07 Å². The van der Waals surface area contributed by atoms with Crippen molar-refractivity contribution in [2.75, 3.05) is 10.5 Å². The van der Waals surface area contributed by atoms with E-state index < -0.39 is 10.0 Å². The molecule has 2 aromatic rings. The van der Waals surface area contributed by atoms with E-state index in [-0.39, 0.29) is 26.2 Å². The Labute approximate surface area is 132 Å². The Balaban J connectivity index is 2.45. The zero-order valence-corrected chi connectivity index (χ0v) is 12.8. The van der Waals surface area contributed by atoms with Crippen molar-refractivity contribution in [3.8, 4) is 6.07 Å². The van der Waals surface area contributed by atoms with Gasteiger partial charge in [-0.25, -0.2) is 8.42 Å². The van der Waals surface area contributed by atoms with Crippen LogP contribution in [-0.2, 0) is 10.0 Å². The Hall–Kier alpha value is -1.94. The Morgan fingerprint density at radius 1 is 1.10 bits per heavy atom. The molecular formula is C13H9Cl2N3O2S. The molecule has 3 N–H and O–H groups in total. The smallest absolute Gasteiger partial charge is 0.262 e. The van der Waals surface area contributed by atoms with Crippen LogP contribution in [0.2, 0.25) is 10.0 Å². The third kappa shape index (κ3) is 3.58. The van der Waals surface area contributed by atoms with Crippen molar-refractivity contribution in [2.24, 2.45) is 0 Å². The molecule has 8 heteroatoms. The van der Waals surface area contributed by atoms with E-state index in [9.17, 15) is 8.42 Å². The fourth-order valence-corrected chi connectivity index (χ4v) is 3.44. The highest BCUT2D eigenvalue weighted by atomic mass is 35.5. The normalized spacial score (nSPS) is 10.9. The molecule has 0 amide bonds. The van der Waals surface area contributed by atoms with Crippen LogP contribution in [0.1, 0.15) is 5.56 Å². The SMILES string of the molecule is N#Cc1cc(N)ccc1NS(=O)(=O)c1cc(Cl)cc(Cl)c1. The monoisotopic (exact) mass is 341 g/mol. The minimum absolute atomic E-state index is 0.0966. The Bertz CT molecular complexity index is 825. The molecule has 5 nitrogen and oxygen atoms in total. The molecule has 0 saturated carbocycles. The minimum atomic E-state index is -3.91. The first kappa shape index (κ1) is 15.4. The Kier molecular flexibility index (Phi) is 4.28. The number of nitrogen functional groups attached to an aromatic ring is 1. The van der Waals surface area contributed by atoms with Crippen LogP contribution in [0.3, 0.4) is 0 Å². The number of benzene rings is 2. The number of sulfonamides is 1. The fraction of sp³-hybridized carbons (Fsp3) is 0. The summed E-state index contributed by atoms with van der Waals surface area (Å²) >= 11 is 11.6. The van der Waals surface area contributed by atoms with Crippen molar-refractivity contribution in [2.45, 2.75) is 4.90 Å². The first-order chi connectivity index (χ1) is 9.81. The molecule has 0 heterocycles. The van der Waals surface area contributed by atoms with E-state index in [4.69, 9.17) is 34.2 Å². The predicted octanol–water partition coefficient (Wildman–Crippen LogP) is 3.25. The van der Waals surface area contributed by atoms with E-state index in [0.29, 0.717) is 5.69 Å². The van der Waals surface area contributed by atoms with Gasteiger partial charge in [0.1, 0.15) is 6.07 Å². The van der Waals surface area contributed by atoms with Crippen LogP contribution in [0.5, 0.6) is 0 Å². The van der Waals surface area contributed by atoms with E-state index in [2.05, 4.69) is 4.72 Å². The predicted molar refractivity (Wildman–Crippen MR) is 82.8 cm³/mol. The fourth-order valence-electron chi connectivity index (χ4n) is 1.63. The molecule has 0 aliphatic rings. The van der Waals surface area contributed by atoms with Crippen molar-refractivity contribution in [3.05, 3.63) is 52.0 Å². The maximum Gasteiger partial charge on any atom is 0.262 e. The molecule has 0 atom stereocenters. The largest absolute Gasteiger partial charge is 0.399 e. The number of anilines is 2. The molecule has 0 spiro atoms. The summed E-state index contributed by atoms with van der Waals surface area (Å²) in [5.41, 5.74) is 6.16. The van der Waals surface area contributed by atoms with Gasteiger partial charge in [-0.3, -0.25) is 4.72 Å². The Morgan fingerprint density at radius 2 is 1.71 bits per heavy atom. The second-order valence-corrected chi connectivity index (χ2v) is 6.68. The molecule has 2 aromatic carbocycles. The molecule has 0 bridgehead atoms. The van der Waals surface area contributed by atoms with E-state index >= 15 is 0 Å². The van der Waals surface area contributed by atoms with Gasteiger partial charge in [0, 0.05) is 15.7 Å². The number of nitrogens with zero attached hydrogens (tertiary/aromatic N) is 1. The molecule has 0 saturated heterocycles. The molecule has 2 rings (SSSR count). The maximum absolute atomic E-state index is 12.3. The summed E-state index contributed by atoms with van der Waals surface area (Å²) < 4.78 is 26.9. The first-order valence-corrected chi connectivity index (χ1v) is 7.84. The van der Waals surface area contributed by atoms with E-state index in [1.54, 1.807) is 0 Å². The lowest BCUT2D eigenvalue weighted by molar-refractivity contribution is 0.601. The summed E-state index contributed by atoms with van der Waals surface area (Å²) in [6.45, 7) is 0. The number of nitrogens with two attached hydrogens (primary N) is 1. The average molecular weight is 342 g/mol. The highest BCUT2D eigenvalue weighted by Crippen LogP contribution is 2.26. The molecule has 0 fully saturated rings. The van der Waals surface area contributed by atoms with Crippen LogP contribution in [-0.4, -0.2) is 8.42 Å². The van der Waals surface area contributed by atoms with Crippen LogP contribution in [0.4, 0.5) is 11.4 Å². The van der Waals surface area contributed by atoms with Crippen molar-refractivity contribution < 1.29 is 8.42 Å². The summed E-state index contributed by atoms with van der Waals surface area (Å²) in [6.07, 6.45) is 0. The summed E-state index contributed by atoms with van der Waals surface area (Å²) in [6, 6.07) is 10.1. The van der Waals surface area contributed by atoms with Gasteiger partial charge in [-0.1, -0.05) is 23.2 Å². The van der Waals surface area contributed by atoms with Gasteiger partial charge in [-0.15, -0.1) is 0 Å². The van der Waals surface area contributed by atoms with E-state index in [1.165, 1.54) is 36.4 Å². The molecule has 108 valence electrons. The highest BCUT2D eigenvalue weighted by Gasteiger charge is 2.17. The second-order valence-electron chi connectivity index (χ2n) is 4.13. The first-order valence-electron chi connectivity index (χ1n) is 5.60. The van der Waals surface area contributed by atoms with Gasteiger partial charge in [-0.2, -0.15) is 5.26 Å². The summed E-state index contributed by atoms with van der Waals surface area (Å²) in [5.74, 6) is 0. The number of hydrogen-bond acceptors (Lipinski definition) is 4. The van der Waals surface area contributed by atoms with Crippen LogP contribution in [0.25, 0.3) is 0 Å². The quantitative estimate of drug-likeness (QED) is 0.837. The molecule has 0 unspecified atom stereocenters. The van der Waals surface area contributed by atoms with Crippen molar-refractivity contribution in [1.82, 2.24) is 0 Å². The molecule has 0 aromatic heterocycles. The summed E-state index contributed by atoms with van der Waals surface area (Å²) in [5, 5.41) is 9.41. The number of nitrogens with one attached hydrogen (secondary N) is 1. The second kappa shape index (κ2) is 5.82. The van der Waals surface area contributed by atoms with Gasteiger partial charge in [0.15, 0.2) is 0 Å². The third-order valence-corrected chi connectivity index (χ3v) is 4.34. The summed E-state index contributed by atoms with van der Waals surface area (Å²) in [4.78, 5) is -0.0966. The zero-order valence-electron chi connectivity index (χ0n) is 10.5. The molecular weight excluding hydrogens is 333 g/mol. The van der Waals surface area contributed by atoms with Crippen LogP contribution >= 0.6 is 23.2 Å². The minimum Gasteiger partial charge on any atom is -0.399 e. The van der Waals surface area contributed by atoms with Crippen molar-refractivity contribution >= 4 is 44.6 Å². The standard InChI is InChI=1S/C13H9Cl2N3O2S/c14-9-4-10(15)6-12(5-9)21(19,20)18-13-2-1-11(17)3-8(13)7-16/h1-6,18H,17H2. The van der Waals surface area contributed by atoms with Gasteiger partial charge < -0.3 is 5.73 Å². The van der Waals surface area contributed by atoms with E-state index in [0.717, 1.165) is 0 Å². The van der Waals surface area contributed by atoms with Gasteiger partial charge in [0.05, 0.1) is 16.1 Å². The van der Waals surface area contributed by atoms with Gasteiger partial charge in [-0.05, 0) is 36.4 Å². The van der Waals surface area contributed by atoms with Gasteiger partial charge in [0.2, 0.25) is 0 Å². The number of nitriles is 1. The van der Waals surface area contributed by atoms with Crippen LogP contribution < -0.4 is 10.5 Å². The molecule has 0 aliphatic heterocycles. The maximum atomic E-state index is 12.3. The lowest BCUT2D eigenvalue weighted by atomic mass is 10.2. The number of halogens is 2. The number of rotatable bonds is 3. The summed E-state index contributed by atoms with van der Waals surface area (Å²) in [7, 11) is -3.91. The van der Waals surface area contributed by atoms with Crippen molar-refractivity contribution in [3.63, 3.8) is 0 Å². The number of hydrogen-bond donors (Lipinski definition) is 2. The van der Waals surface area contributed by atoms with Crippen molar-refractivity contribution in [1.29, 1.82) is 5.26 Å². The van der Waals surface area contributed by atoms with Gasteiger partial charge in [0.25, 0.3) is 10.0 Å². The highest BCUT2D eigenvalue weighted by molar-refractivity contribution is 7.92. The zero-order chi connectivity index (χ0) is 15.6. The Morgan fingerprint density at radius 3 is 2.29 bits per heavy atom. The lowest BCUT2D eigenvalue weighted by Crippen LogP contribution is -2.14. The van der Waals surface area contributed by atoms with Crippen LogP contribution in [0.15, 0.2) is 41.3 Å². The topological polar surface area (TPSA) is 96.0 Å². The molecule has 0 radical (unpaired) electrons. The average Bonchev–Trinajstić information content (AvgIpc) is 2.39. The van der Waals surface area contributed by atoms with Crippen LogP contribution in [0, 0.1) is 11.3 Å². The molecule has 0 aliphatic carbocycles. The third-order valence-electron chi connectivity index (χ3n) is 2.55. The van der Waals surface area contributed by atoms with Gasteiger partial charge >= 0.3 is 0 Å².